The number of aromatic nitrogens is 1. The first-order valence-electron chi connectivity index (χ1n) is 14.0. The number of fused-ring (bicyclic) bond motifs is 1. The van der Waals surface area contributed by atoms with Gasteiger partial charge in [-0.3, -0.25) is 4.79 Å². The van der Waals surface area contributed by atoms with Crippen molar-refractivity contribution < 1.29 is 9.53 Å². The van der Waals surface area contributed by atoms with Crippen molar-refractivity contribution in [2.24, 2.45) is 20.5 Å². The Kier molecular flexibility index (Phi) is 11.3. The lowest BCUT2D eigenvalue weighted by Crippen LogP contribution is -2.21. The van der Waals surface area contributed by atoms with E-state index in [0.717, 1.165) is 46.1 Å². The Morgan fingerprint density at radius 2 is 1.45 bits per heavy atom. The van der Waals surface area contributed by atoms with Crippen LogP contribution in [0.5, 0.6) is 5.75 Å². The maximum absolute atomic E-state index is 12.1. The summed E-state index contributed by atoms with van der Waals surface area (Å²) < 4.78 is 6.44. The summed E-state index contributed by atoms with van der Waals surface area (Å²) in [7, 11) is 0. The van der Waals surface area contributed by atoms with E-state index in [1.165, 1.54) is 54.0 Å². The van der Waals surface area contributed by atoms with Crippen molar-refractivity contribution in [2.45, 2.75) is 65.7 Å². The number of nitrogens with zero attached hydrogens (tertiary/aromatic N) is 6. The topological polar surface area (TPSA) is 91.9 Å². The molecule has 8 nitrogen and oxygen atoms in total. The van der Waals surface area contributed by atoms with E-state index in [9.17, 15) is 4.79 Å². The van der Waals surface area contributed by atoms with Crippen LogP contribution in [0.15, 0.2) is 75.1 Å². The Morgan fingerprint density at radius 3 is 2.12 bits per heavy atom. The molecule has 0 saturated heterocycles. The molecule has 0 aliphatic carbocycles. The van der Waals surface area contributed by atoms with Crippen molar-refractivity contribution in [3.8, 4) is 5.75 Å². The van der Waals surface area contributed by atoms with Crippen molar-refractivity contribution in [3.05, 3.63) is 54.6 Å². The third-order valence-electron chi connectivity index (χ3n) is 6.36. The predicted molar refractivity (Wildman–Crippen MR) is 166 cm³/mol. The number of esters is 1. The second-order valence-electron chi connectivity index (χ2n) is 9.32. The molecular formula is C30H36N6O2S2. The first-order chi connectivity index (χ1) is 19.6. The molecule has 4 aromatic rings. The standard InChI is InChI=1S/C30H36N6O2S2/c1-4-7-8-9-10-11-12-28(37)38-25-19-15-23(16-20-25)32-34-27-21-26-29(40-27)31-30(39-26)35-33-22-13-17-24(18-14-22)36(5-2)6-3/h13-21H,4-12H2,1-3H3. The Balaban J connectivity index is 1.26. The number of carbonyl (C=O) groups is 1. The number of hydrogen-bond acceptors (Lipinski definition) is 10. The molecule has 0 saturated carbocycles. The molecule has 0 aliphatic rings. The molecule has 10 heteroatoms. The minimum Gasteiger partial charge on any atom is -0.427 e. The fourth-order valence-corrected chi connectivity index (χ4v) is 5.99. The average molecular weight is 577 g/mol. The highest BCUT2D eigenvalue weighted by molar-refractivity contribution is 7.30. The average Bonchev–Trinajstić information content (AvgIpc) is 3.53. The number of azo groups is 2. The van der Waals surface area contributed by atoms with E-state index >= 15 is 0 Å². The summed E-state index contributed by atoms with van der Waals surface area (Å²) in [5.74, 6) is 0.334. The molecule has 0 N–H and O–H groups in total. The summed E-state index contributed by atoms with van der Waals surface area (Å²) >= 11 is 2.93. The van der Waals surface area contributed by atoms with E-state index in [4.69, 9.17) is 4.74 Å². The fraction of sp³-hybridized carbons (Fsp3) is 0.400. The fourth-order valence-electron chi connectivity index (χ4n) is 4.14. The Morgan fingerprint density at radius 1 is 0.800 bits per heavy atom. The van der Waals surface area contributed by atoms with E-state index in [0.29, 0.717) is 23.0 Å². The smallest absolute Gasteiger partial charge is 0.311 e. The second kappa shape index (κ2) is 15.3. The summed E-state index contributed by atoms with van der Waals surface area (Å²) in [5.41, 5.74) is 2.66. The van der Waals surface area contributed by atoms with Gasteiger partial charge in [-0.1, -0.05) is 61.7 Å². The lowest BCUT2D eigenvalue weighted by atomic mass is 10.1. The quantitative estimate of drug-likeness (QED) is 0.0609. The van der Waals surface area contributed by atoms with Crippen LogP contribution in [0, 0.1) is 0 Å². The number of benzene rings is 2. The predicted octanol–water partition coefficient (Wildman–Crippen LogP) is 10.7. The molecule has 0 amide bonds. The van der Waals surface area contributed by atoms with Crippen LogP contribution in [-0.4, -0.2) is 24.0 Å². The molecule has 0 aliphatic heterocycles. The number of anilines is 1. The molecule has 0 unspecified atom stereocenters. The Hall–Kier alpha value is -3.50. The molecular weight excluding hydrogens is 541 g/mol. The largest absolute Gasteiger partial charge is 0.427 e. The highest BCUT2D eigenvalue weighted by Crippen LogP contribution is 2.39. The van der Waals surface area contributed by atoms with Gasteiger partial charge in [0, 0.05) is 25.2 Å². The van der Waals surface area contributed by atoms with Gasteiger partial charge in [-0.15, -0.1) is 20.5 Å². The zero-order valence-electron chi connectivity index (χ0n) is 23.4. The van der Waals surface area contributed by atoms with Crippen molar-refractivity contribution >= 4 is 65.4 Å². The zero-order valence-corrected chi connectivity index (χ0v) is 25.0. The van der Waals surface area contributed by atoms with Crippen molar-refractivity contribution in [1.29, 1.82) is 0 Å². The highest BCUT2D eigenvalue weighted by atomic mass is 32.1. The van der Waals surface area contributed by atoms with Crippen LogP contribution < -0.4 is 9.64 Å². The van der Waals surface area contributed by atoms with Crippen LogP contribution in [-0.2, 0) is 4.79 Å². The van der Waals surface area contributed by atoms with E-state index in [1.807, 2.05) is 18.2 Å². The van der Waals surface area contributed by atoms with Gasteiger partial charge in [0.15, 0.2) is 0 Å². The molecule has 40 heavy (non-hydrogen) atoms. The van der Waals surface area contributed by atoms with Gasteiger partial charge in [0.2, 0.25) is 5.13 Å². The third-order valence-corrected chi connectivity index (χ3v) is 8.29. The number of hydrogen-bond donors (Lipinski definition) is 0. The Bertz CT molecular complexity index is 1380. The molecule has 210 valence electrons. The van der Waals surface area contributed by atoms with Crippen LogP contribution in [0.1, 0.15) is 65.7 Å². The maximum Gasteiger partial charge on any atom is 0.311 e. The van der Waals surface area contributed by atoms with Crippen LogP contribution in [0.2, 0.25) is 0 Å². The summed E-state index contributed by atoms with van der Waals surface area (Å²) in [6.07, 6.45) is 7.30. The molecule has 2 heterocycles. The number of thiophene rings is 1. The Labute approximate surface area is 243 Å². The summed E-state index contributed by atoms with van der Waals surface area (Å²) in [5, 5.41) is 18.7. The molecule has 4 rings (SSSR count). The zero-order chi connectivity index (χ0) is 28.2. The van der Waals surface area contributed by atoms with E-state index in [-0.39, 0.29) is 5.97 Å². The van der Waals surface area contributed by atoms with Crippen molar-refractivity contribution in [1.82, 2.24) is 4.98 Å². The van der Waals surface area contributed by atoms with Gasteiger partial charge >= 0.3 is 5.97 Å². The van der Waals surface area contributed by atoms with Crippen LogP contribution in [0.3, 0.4) is 0 Å². The maximum atomic E-state index is 12.1. The SMILES string of the molecule is CCCCCCCCC(=O)Oc1ccc(N=Nc2cc3sc(N=Nc4ccc(N(CC)CC)cc4)nc3s2)cc1. The summed E-state index contributed by atoms with van der Waals surface area (Å²) in [6.45, 7) is 8.43. The third kappa shape index (κ3) is 8.76. The lowest BCUT2D eigenvalue weighted by Gasteiger charge is -2.20. The lowest BCUT2D eigenvalue weighted by molar-refractivity contribution is -0.134. The van der Waals surface area contributed by atoms with E-state index in [2.05, 4.69) is 63.2 Å². The first-order valence-corrected chi connectivity index (χ1v) is 15.6. The van der Waals surface area contributed by atoms with Gasteiger partial charge in [-0.25, -0.2) is 4.98 Å². The summed E-state index contributed by atoms with van der Waals surface area (Å²) in [6, 6.07) is 17.1. The molecule has 0 radical (unpaired) electrons. The molecule has 0 spiro atoms. The summed E-state index contributed by atoms with van der Waals surface area (Å²) in [4.78, 5) is 19.8. The van der Waals surface area contributed by atoms with Gasteiger partial charge in [0.25, 0.3) is 0 Å². The second-order valence-corrected chi connectivity index (χ2v) is 11.3. The van der Waals surface area contributed by atoms with E-state index < -0.39 is 0 Å². The normalized spacial score (nSPS) is 11.7. The van der Waals surface area contributed by atoms with Crippen LogP contribution in [0.4, 0.5) is 27.2 Å². The molecule has 2 aromatic carbocycles. The van der Waals surface area contributed by atoms with Gasteiger partial charge in [-0.05, 0) is 74.9 Å². The van der Waals surface area contributed by atoms with Crippen molar-refractivity contribution in [3.63, 3.8) is 0 Å². The number of thiazole rings is 1. The van der Waals surface area contributed by atoms with Crippen molar-refractivity contribution in [2.75, 3.05) is 18.0 Å². The van der Waals surface area contributed by atoms with Gasteiger partial charge in [-0.2, -0.15) is 0 Å². The molecule has 0 bridgehead atoms. The van der Waals surface area contributed by atoms with Gasteiger partial charge < -0.3 is 9.64 Å². The number of carbonyl (C=O) groups excluding carboxylic acids is 1. The minimum absolute atomic E-state index is 0.192. The number of ether oxygens (including phenoxy) is 1. The number of rotatable bonds is 15. The molecule has 2 aromatic heterocycles. The van der Waals surface area contributed by atoms with Gasteiger partial charge in [0.1, 0.15) is 15.6 Å². The highest BCUT2D eigenvalue weighted by Gasteiger charge is 2.09. The monoisotopic (exact) mass is 576 g/mol. The molecule has 0 fully saturated rings. The first kappa shape index (κ1) is 29.5. The van der Waals surface area contributed by atoms with Crippen LogP contribution in [0.25, 0.3) is 9.53 Å². The van der Waals surface area contributed by atoms with E-state index in [1.54, 1.807) is 24.3 Å². The molecule has 0 atom stereocenters. The minimum atomic E-state index is -0.192. The number of unbranched alkanes of at least 4 members (excludes halogenated alkanes) is 5. The van der Waals surface area contributed by atoms with Crippen LogP contribution >= 0.6 is 22.7 Å². The van der Waals surface area contributed by atoms with Gasteiger partial charge in [0.05, 0.1) is 16.1 Å².